The molecule has 0 nitrogen and oxygen atoms in total. The summed E-state index contributed by atoms with van der Waals surface area (Å²) in [5.74, 6) is 5.44. The van der Waals surface area contributed by atoms with E-state index >= 15 is 0 Å². The van der Waals surface area contributed by atoms with Crippen molar-refractivity contribution in [1.82, 2.24) is 0 Å². The van der Waals surface area contributed by atoms with Gasteiger partial charge in [0.1, 0.15) is 23.0 Å². The maximum atomic E-state index is 2.44. The van der Waals surface area contributed by atoms with Crippen LogP contribution in [0.2, 0.25) is 0 Å². The van der Waals surface area contributed by atoms with E-state index in [4.69, 9.17) is 0 Å². The van der Waals surface area contributed by atoms with Crippen molar-refractivity contribution in [2.75, 3.05) is 24.0 Å². The molecule has 0 amide bonds. The Morgan fingerprint density at radius 2 is 0.950 bits per heavy atom. The predicted octanol–water partition coefficient (Wildman–Crippen LogP) is 4.54. The van der Waals surface area contributed by atoms with Crippen molar-refractivity contribution in [3.8, 4) is 0 Å². The summed E-state index contributed by atoms with van der Waals surface area (Å²) in [7, 11) is 1.14. The molecular formula is C18H30S2+2. The first-order valence-corrected chi connectivity index (χ1v) is 11.9. The normalized spacial score (nSPS) is 26.5. The number of fused-ring (bicyclic) bond motifs is 13. The highest BCUT2D eigenvalue weighted by Gasteiger charge is 2.15. The van der Waals surface area contributed by atoms with Crippen molar-refractivity contribution in [3.05, 3.63) is 35.4 Å². The van der Waals surface area contributed by atoms with Crippen molar-refractivity contribution in [3.63, 3.8) is 0 Å². The summed E-state index contributed by atoms with van der Waals surface area (Å²) in [5, 5.41) is 0. The molecular weight excluding hydrogens is 280 g/mol. The first-order valence-electron chi connectivity index (χ1n) is 8.00. The Morgan fingerprint density at radius 1 is 0.600 bits per heavy atom. The molecule has 2 atom stereocenters. The van der Waals surface area contributed by atoms with Crippen LogP contribution in [0.3, 0.4) is 0 Å². The number of hydrogen-bond donors (Lipinski definition) is 0. The van der Waals surface area contributed by atoms with Gasteiger partial charge in [-0.05, 0) is 47.5 Å². The highest BCUT2D eigenvalue weighted by Crippen LogP contribution is 2.16. The molecule has 2 bridgehead atoms. The largest absolute Gasteiger partial charge is 0.132 e. The zero-order chi connectivity index (χ0) is 14.2. The maximum Gasteiger partial charge on any atom is 0.132 e. The van der Waals surface area contributed by atoms with Crippen LogP contribution in [0.4, 0.5) is 0 Å². The Bertz CT molecular complexity index is 335. The van der Waals surface area contributed by atoms with E-state index in [0.29, 0.717) is 21.8 Å². The van der Waals surface area contributed by atoms with Crippen LogP contribution < -0.4 is 0 Å². The van der Waals surface area contributed by atoms with Gasteiger partial charge in [-0.25, -0.2) is 0 Å². The van der Waals surface area contributed by atoms with Gasteiger partial charge in [0.15, 0.2) is 0 Å². The molecule has 0 spiro atoms. The third-order valence-corrected chi connectivity index (χ3v) is 7.71. The smallest absolute Gasteiger partial charge is 0.0539 e. The minimum absolute atomic E-state index is 0.572. The minimum Gasteiger partial charge on any atom is -0.0539 e. The van der Waals surface area contributed by atoms with Crippen LogP contribution in [0.25, 0.3) is 0 Å². The van der Waals surface area contributed by atoms with Crippen LogP contribution in [0.1, 0.15) is 49.7 Å². The molecule has 2 heterocycles. The second-order valence-electron chi connectivity index (χ2n) is 6.20. The standard InChI is InChI=1S/C18H30S2/c1-19-13-7-5-3-4-6-8-14-20(2)16-18-11-9-17(15-19)10-12-18/h9-12H,3-8,13-16H2,1-2H3/q+2. The van der Waals surface area contributed by atoms with E-state index in [9.17, 15) is 0 Å². The number of rotatable bonds is 0. The van der Waals surface area contributed by atoms with E-state index in [1.54, 1.807) is 11.1 Å². The topological polar surface area (TPSA) is 0 Å². The van der Waals surface area contributed by atoms with E-state index < -0.39 is 0 Å². The molecule has 20 heavy (non-hydrogen) atoms. The summed E-state index contributed by atoms with van der Waals surface area (Å²) in [6, 6.07) is 9.51. The van der Waals surface area contributed by atoms with Gasteiger partial charge in [0.2, 0.25) is 0 Å². The Balaban J connectivity index is 1.96. The Kier molecular flexibility index (Phi) is 7.37. The maximum absolute atomic E-state index is 2.44. The first kappa shape index (κ1) is 16.3. The van der Waals surface area contributed by atoms with Crippen LogP contribution in [-0.4, -0.2) is 24.0 Å². The average molecular weight is 311 g/mol. The summed E-state index contributed by atoms with van der Waals surface area (Å²) in [5.41, 5.74) is 3.09. The fourth-order valence-electron chi connectivity index (χ4n) is 2.85. The second kappa shape index (κ2) is 9.04. The Hall–Kier alpha value is -0.0800. The Morgan fingerprint density at radius 3 is 1.35 bits per heavy atom. The molecule has 1 aromatic rings. The monoisotopic (exact) mass is 310 g/mol. The van der Waals surface area contributed by atoms with Crippen molar-refractivity contribution >= 4 is 21.8 Å². The third-order valence-electron chi connectivity index (χ3n) is 4.08. The molecule has 0 aliphatic carbocycles. The first-order chi connectivity index (χ1) is 9.74. The molecule has 2 unspecified atom stereocenters. The van der Waals surface area contributed by atoms with Gasteiger partial charge in [-0.1, -0.05) is 37.1 Å². The van der Waals surface area contributed by atoms with Crippen LogP contribution in [-0.2, 0) is 33.3 Å². The molecule has 0 saturated carbocycles. The average Bonchev–Trinajstić information content (AvgIpc) is 2.43. The van der Waals surface area contributed by atoms with E-state index in [-0.39, 0.29) is 0 Å². The van der Waals surface area contributed by atoms with Crippen LogP contribution >= 0.6 is 0 Å². The predicted molar refractivity (Wildman–Crippen MR) is 97.9 cm³/mol. The lowest BCUT2D eigenvalue weighted by molar-refractivity contribution is 0.628. The molecule has 0 fully saturated rings. The highest BCUT2D eigenvalue weighted by molar-refractivity contribution is 7.95. The molecule has 0 radical (unpaired) electrons. The summed E-state index contributed by atoms with van der Waals surface area (Å²) < 4.78 is 0. The van der Waals surface area contributed by atoms with Crippen LogP contribution in [0.15, 0.2) is 24.3 Å². The fourth-order valence-corrected chi connectivity index (χ4v) is 6.05. The molecule has 2 aliphatic heterocycles. The molecule has 3 rings (SSSR count). The minimum atomic E-state index is 0.572. The van der Waals surface area contributed by atoms with E-state index in [0.717, 1.165) is 0 Å². The van der Waals surface area contributed by atoms with E-state index in [2.05, 4.69) is 36.8 Å². The molecule has 0 aromatic heterocycles. The second-order valence-corrected chi connectivity index (χ2v) is 10.7. The summed E-state index contributed by atoms with van der Waals surface area (Å²) in [4.78, 5) is 0. The molecule has 0 saturated heterocycles. The van der Waals surface area contributed by atoms with Gasteiger partial charge < -0.3 is 0 Å². The van der Waals surface area contributed by atoms with Crippen molar-refractivity contribution < 1.29 is 0 Å². The molecule has 2 heteroatoms. The van der Waals surface area contributed by atoms with Crippen molar-refractivity contribution in [1.29, 1.82) is 0 Å². The third kappa shape index (κ3) is 6.13. The zero-order valence-corrected chi connectivity index (χ0v) is 14.8. The lowest BCUT2D eigenvalue weighted by atomic mass is 10.1. The van der Waals surface area contributed by atoms with Gasteiger partial charge >= 0.3 is 0 Å². The van der Waals surface area contributed by atoms with Crippen LogP contribution in [0, 0.1) is 0 Å². The van der Waals surface area contributed by atoms with Gasteiger partial charge in [0.25, 0.3) is 0 Å². The SMILES string of the molecule is C[S+]1CCCCCCCC[S+](C)Cc2ccc(cc2)C1. The lowest BCUT2D eigenvalue weighted by Crippen LogP contribution is -2.10. The lowest BCUT2D eigenvalue weighted by Gasteiger charge is -2.08. The van der Waals surface area contributed by atoms with E-state index in [1.165, 1.54) is 61.5 Å². The summed E-state index contributed by atoms with van der Waals surface area (Å²) >= 11 is 0. The van der Waals surface area contributed by atoms with Gasteiger partial charge in [-0.2, -0.15) is 0 Å². The Labute approximate surface area is 131 Å². The van der Waals surface area contributed by atoms with Gasteiger partial charge in [-0.15, -0.1) is 0 Å². The van der Waals surface area contributed by atoms with Crippen molar-refractivity contribution in [2.45, 2.75) is 50.0 Å². The zero-order valence-electron chi connectivity index (χ0n) is 13.2. The van der Waals surface area contributed by atoms with Crippen LogP contribution in [0.5, 0.6) is 0 Å². The van der Waals surface area contributed by atoms with E-state index in [1.807, 2.05) is 0 Å². The summed E-state index contributed by atoms with van der Waals surface area (Å²) in [6.07, 6.45) is 13.6. The molecule has 2 aliphatic rings. The van der Waals surface area contributed by atoms with Gasteiger partial charge in [-0.3, -0.25) is 0 Å². The molecule has 0 N–H and O–H groups in total. The molecule has 1 aromatic carbocycles. The van der Waals surface area contributed by atoms with Crippen molar-refractivity contribution in [2.24, 2.45) is 0 Å². The highest BCUT2D eigenvalue weighted by atomic mass is 32.2. The van der Waals surface area contributed by atoms with Gasteiger partial charge in [0, 0.05) is 11.1 Å². The summed E-state index contributed by atoms with van der Waals surface area (Å²) in [6.45, 7) is 0. The number of benzene rings is 1. The van der Waals surface area contributed by atoms with Gasteiger partial charge in [0.05, 0.1) is 12.5 Å². The quantitative estimate of drug-likeness (QED) is 0.617. The fraction of sp³-hybridized carbons (Fsp3) is 0.667. The number of hydrogen-bond acceptors (Lipinski definition) is 0. The molecule has 112 valence electrons.